The van der Waals surface area contributed by atoms with Crippen molar-refractivity contribution in [3.63, 3.8) is 0 Å². The third-order valence-electron chi connectivity index (χ3n) is 3.91. The lowest BCUT2D eigenvalue weighted by molar-refractivity contribution is 0.118. The predicted molar refractivity (Wildman–Crippen MR) is 79.5 cm³/mol. The largest absolute Gasteiger partial charge is 0.445 e. The van der Waals surface area contributed by atoms with E-state index in [0.717, 1.165) is 18.4 Å². The van der Waals surface area contributed by atoms with Gasteiger partial charge in [0.05, 0.1) is 0 Å². The fourth-order valence-electron chi connectivity index (χ4n) is 2.81. The molecule has 0 unspecified atom stereocenters. The Morgan fingerprint density at radius 1 is 1.25 bits per heavy atom. The smallest absolute Gasteiger partial charge is 0.407 e. The molecule has 1 amide bonds. The Labute approximate surface area is 121 Å². The zero-order valence-corrected chi connectivity index (χ0v) is 12.3. The van der Waals surface area contributed by atoms with Gasteiger partial charge in [0.25, 0.3) is 0 Å². The molecular formula is C16H24N2O2. The van der Waals surface area contributed by atoms with E-state index in [1.54, 1.807) is 0 Å². The van der Waals surface area contributed by atoms with Gasteiger partial charge in [-0.05, 0) is 32.5 Å². The molecule has 2 rings (SSSR count). The van der Waals surface area contributed by atoms with Crippen molar-refractivity contribution in [1.29, 1.82) is 0 Å². The number of amides is 1. The summed E-state index contributed by atoms with van der Waals surface area (Å²) in [4.78, 5) is 14.1. The van der Waals surface area contributed by atoms with Crippen LogP contribution in [0.15, 0.2) is 30.3 Å². The van der Waals surface area contributed by atoms with Crippen molar-refractivity contribution in [2.24, 2.45) is 0 Å². The summed E-state index contributed by atoms with van der Waals surface area (Å²) >= 11 is 0. The number of nitrogens with one attached hydrogen (secondary N) is 1. The van der Waals surface area contributed by atoms with Gasteiger partial charge in [-0.15, -0.1) is 0 Å². The highest BCUT2D eigenvalue weighted by atomic mass is 16.5. The molecule has 110 valence electrons. The number of nitrogens with zero attached hydrogens (tertiary/aromatic N) is 1. The van der Waals surface area contributed by atoms with Gasteiger partial charge >= 0.3 is 6.09 Å². The van der Waals surface area contributed by atoms with E-state index in [-0.39, 0.29) is 12.1 Å². The highest BCUT2D eigenvalue weighted by Crippen LogP contribution is 2.21. The standard InChI is InChI=1S/C16H24N2O2/c1-18(2)15-11-7-6-10-14(15)17-16(19)20-12-13-8-4-3-5-9-13/h3-5,8-9,14-15H,6-7,10-12H2,1-2H3,(H,17,19)/t14-,15+/m0/s1. The molecule has 0 radical (unpaired) electrons. The summed E-state index contributed by atoms with van der Waals surface area (Å²) in [6.07, 6.45) is 4.26. The Bertz CT molecular complexity index is 420. The van der Waals surface area contributed by atoms with Crippen LogP contribution in [-0.4, -0.2) is 37.2 Å². The van der Waals surface area contributed by atoms with Crippen LogP contribution in [0.1, 0.15) is 31.2 Å². The summed E-state index contributed by atoms with van der Waals surface area (Å²) in [6.45, 7) is 0.325. The number of ether oxygens (including phenoxy) is 1. The molecule has 0 spiro atoms. The zero-order valence-electron chi connectivity index (χ0n) is 12.3. The van der Waals surface area contributed by atoms with Crippen LogP contribution in [0.5, 0.6) is 0 Å². The van der Waals surface area contributed by atoms with Gasteiger partial charge in [0.2, 0.25) is 0 Å². The monoisotopic (exact) mass is 276 g/mol. The van der Waals surface area contributed by atoms with E-state index in [2.05, 4.69) is 24.3 Å². The van der Waals surface area contributed by atoms with Crippen molar-refractivity contribution >= 4 is 6.09 Å². The second-order valence-electron chi connectivity index (χ2n) is 5.63. The van der Waals surface area contributed by atoms with Crippen LogP contribution in [-0.2, 0) is 11.3 Å². The van der Waals surface area contributed by atoms with Crippen molar-refractivity contribution in [2.45, 2.75) is 44.4 Å². The van der Waals surface area contributed by atoms with Gasteiger partial charge in [0.15, 0.2) is 0 Å². The lowest BCUT2D eigenvalue weighted by Gasteiger charge is -2.36. The minimum absolute atomic E-state index is 0.196. The first kappa shape index (κ1) is 14.9. The Morgan fingerprint density at radius 2 is 1.95 bits per heavy atom. The zero-order chi connectivity index (χ0) is 14.4. The minimum Gasteiger partial charge on any atom is -0.445 e. The third-order valence-corrected chi connectivity index (χ3v) is 3.91. The molecule has 1 N–H and O–H groups in total. The Hall–Kier alpha value is -1.55. The van der Waals surface area contributed by atoms with E-state index in [9.17, 15) is 4.79 Å². The van der Waals surface area contributed by atoms with Gasteiger partial charge in [0, 0.05) is 12.1 Å². The molecule has 1 aliphatic carbocycles. The summed E-state index contributed by atoms with van der Waals surface area (Å²) in [5.74, 6) is 0. The van der Waals surface area contributed by atoms with Crippen LogP contribution in [0.2, 0.25) is 0 Å². The van der Waals surface area contributed by atoms with Crippen molar-refractivity contribution in [2.75, 3.05) is 14.1 Å². The first-order valence-corrected chi connectivity index (χ1v) is 7.30. The molecule has 1 aliphatic rings. The van der Waals surface area contributed by atoms with Gasteiger partial charge < -0.3 is 15.0 Å². The number of benzene rings is 1. The second-order valence-corrected chi connectivity index (χ2v) is 5.63. The van der Waals surface area contributed by atoms with Gasteiger partial charge in [-0.2, -0.15) is 0 Å². The van der Waals surface area contributed by atoms with Crippen LogP contribution in [0, 0.1) is 0 Å². The summed E-state index contributed by atoms with van der Waals surface area (Å²) < 4.78 is 5.29. The third kappa shape index (κ3) is 4.23. The molecule has 0 heterocycles. The summed E-state index contributed by atoms with van der Waals surface area (Å²) in [5.41, 5.74) is 1.01. The molecule has 1 aromatic rings. The van der Waals surface area contributed by atoms with Crippen LogP contribution < -0.4 is 5.32 Å². The van der Waals surface area contributed by atoms with Crippen LogP contribution >= 0.6 is 0 Å². The number of rotatable bonds is 4. The quantitative estimate of drug-likeness (QED) is 0.919. The fraction of sp³-hybridized carbons (Fsp3) is 0.562. The van der Waals surface area contributed by atoms with Crippen molar-refractivity contribution in [1.82, 2.24) is 10.2 Å². The van der Waals surface area contributed by atoms with Gasteiger partial charge in [0.1, 0.15) is 6.61 Å². The topological polar surface area (TPSA) is 41.6 Å². The number of likely N-dealkylation sites (N-methyl/N-ethyl adjacent to an activating group) is 1. The van der Waals surface area contributed by atoms with E-state index in [1.807, 2.05) is 30.3 Å². The van der Waals surface area contributed by atoms with Gasteiger partial charge in [-0.25, -0.2) is 4.79 Å². The van der Waals surface area contributed by atoms with Gasteiger partial charge in [-0.1, -0.05) is 43.2 Å². The molecule has 20 heavy (non-hydrogen) atoms. The summed E-state index contributed by atoms with van der Waals surface area (Å²) in [7, 11) is 4.14. The molecule has 1 aromatic carbocycles. The maximum atomic E-state index is 11.9. The van der Waals surface area contributed by atoms with E-state index in [4.69, 9.17) is 4.74 Å². The first-order valence-electron chi connectivity index (χ1n) is 7.30. The minimum atomic E-state index is -0.312. The highest BCUT2D eigenvalue weighted by molar-refractivity contribution is 5.67. The predicted octanol–water partition coefficient (Wildman–Crippen LogP) is 2.79. The molecule has 0 saturated heterocycles. The number of hydrogen-bond acceptors (Lipinski definition) is 3. The second kappa shape index (κ2) is 7.29. The average molecular weight is 276 g/mol. The summed E-state index contributed by atoms with van der Waals surface area (Å²) in [6, 6.07) is 10.4. The maximum Gasteiger partial charge on any atom is 0.407 e. The molecule has 0 aromatic heterocycles. The van der Waals surface area contributed by atoms with Crippen LogP contribution in [0.4, 0.5) is 4.79 Å². The van der Waals surface area contributed by atoms with E-state index in [1.165, 1.54) is 12.8 Å². The van der Waals surface area contributed by atoms with E-state index >= 15 is 0 Å². The number of carbonyl (C=O) groups is 1. The lowest BCUT2D eigenvalue weighted by atomic mass is 9.90. The average Bonchev–Trinajstić information content (AvgIpc) is 2.46. The molecule has 1 saturated carbocycles. The number of alkyl carbamates (subject to hydrolysis) is 1. The Balaban J connectivity index is 1.81. The summed E-state index contributed by atoms with van der Waals surface area (Å²) in [5, 5.41) is 3.02. The van der Waals surface area contributed by atoms with E-state index < -0.39 is 0 Å². The molecule has 4 nitrogen and oxygen atoms in total. The number of hydrogen-bond donors (Lipinski definition) is 1. The molecule has 2 atom stereocenters. The number of carbonyl (C=O) groups excluding carboxylic acids is 1. The normalized spacial score (nSPS) is 22.6. The van der Waals surface area contributed by atoms with E-state index in [0.29, 0.717) is 12.6 Å². The fourth-order valence-corrected chi connectivity index (χ4v) is 2.81. The Morgan fingerprint density at radius 3 is 2.65 bits per heavy atom. The molecule has 0 aliphatic heterocycles. The first-order chi connectivity index (χ1) is 9.66. The Kier molecular flexibility index (Phi) is 5.41. The molecular weight excluding hydrogens is 252 g/mol. The van der Waals surface area contributed by atoms with Crippen molar-refractivity contribution in [3.05, 3.63) is 35.9 Å². The van der Waals surface area contributed by atoms with Crippen LogP contribution in [0.3, 0.4) is 0 Å². The van der Waals surface area contributed by atoms with Crippen molar-refractivity contribution < 1.29 is 9.53 Å². The molecule has 1 fully saturated rings. The van der Waals surface area contributed by atoms with Gasteiger partial charge in [-0.3, -0.25) is 0 Å². The highest BCUT2D eigenvalue weighted by Gasteiger charge is 2.28. The van der Waals surface area contributed by atoms with Crippen LogP contribution in [0.25, 0.3) is 0 Å². The molecule has 0 bridgehead atoms. The lowest BCUT2D eigenvalue weighted by Crippen LogP contribution is -2.51. The SMILES string of the molecule is CN(C)[C@@H]1CCCC[C@@H]1NC(=O)OCc1ccccc1. The van der Waals surface area contributed by atoms with Crippen molar-refractivity contribution in [3.8, 4) is 0 Å². The maximum absolute atomic E-state index is 11.9. The molecule has 4 heteroatoms.